The monoisotopic (exact) mass is 336 g/mol. The molecule has 3 rings (SSSR count). The molecule has 0 unspecified atom stereocenters. The number of rotatable bonds is 5. The molecule has 1 saturated heterocycles. The van der Waals surface area contributed by atoms with E-state index < -0.39 is 9.84 Å². The van der Waals surface area contributed by atoms with E-state index in [0.717, 1.165) is 30.8 Å². The molecule has 2 N–H and O–H groups in total. The second kappa shape index (κ2) is 6.15. The maximum absolute atomic E-state index is 12.5. The van der Waals surface area contributed by atoms with Crippen LogP contribution < -0.4 is 10.6 Å². The van der Waals surface area contributed by atoms with Crippen LogP contribution in [0.2, 0.25) is 0 Å². The summed E-state index contributed by atoms with van der Waals surface area (Å²) in [6, 6.07) is 7.71. The van der Waals surface area contributed by atoms with Gasteiger partial charge in [-0.05, 0) is 43.2 Å². The molecule has 126 valence electrons. The van der Waals surface area contributed by atoms with Crippen molar-refractivity contribution >= 4 is 27.1 Å². The number of sulfone groups is 1. The lowest BCUT2D eigenvalue weighted by Gasteiger charge is -2.22. The second-order valence-electron chi connectivity index (χ2n) is 6.73. The first-order valence-electron chi connectivity index (χ1n) is 8.30. The summed E-state index contributed by atoms with van der Waals surface area (Å²) in [5.74, 6) is 0.434. The van der Waals surface area contributed by atoms with Gasteiger partial charge in [0.1, 0.15) is 9.84 Å². The highest BCUT2D eigenvalue weighted by Gasteiger charge is 2.59. The van der Waals surface area contributed by atoms with Crippen molar-refractivity contribution in [3.63, 3.8) is 0 Å². The molecule has 6 heteroatoms. The number of benzene rings is 1. The first-order chi connectivity index (χ1) is 11.0. The molecule has 1 aliphatic heterocycles. The fraction of sp³-hybridized carbons (Fsp3) is 0.588. The maximum Gasteiger partial charge on any atom is 0.228 e. The largest absolute Gasteiger partial charge is 0.383 e. The maximum atomic E-state index is 12.5. The van der Waals surface area contributed by atoms with Gasteiger partial charge in [0.05, 0.1) is 22.9 Å². The zero-order chi connectivity index (χ0) is 16.5. The lowest BCUT2D eigenvalue weighted by atomic mass is 9.96. The smallest absolute Gasteiger partial charge is 0.228 e. The summed E-state index contributed by atoms with van der Waals surface area (Å²) < 4.78 is 23.1. The Bertz CT molecular complexity index is 686. The van der Waals surface area contributed by atoms with E-state index >= 15 is 0 Å². The SMILES string of the molecule is CCCNc1ccccc1NC(=O)[C@@H]1CC12CCS(=O)(=O)CC2. The minimum atomic E-state index is -2.88. The van der Waals surface area contributed by atoms with Gasteiger partial charge in [-0.15, -0.1) is 0 Å². The highest BCUT2D eigenvalue weighted by molar-refractivity contribution is 7.91. The Labute approximate surface area is 137 Å². The van der Waals surface area contributed by atoms with Gasteiger partial charge in [0, 0.05) is 12.5 Å². The van der Waals surface area contributed by atoms with Crippen molar-refractivity contribution in [1.82, 2.24) is 0 Å². The molecular formula is C17H24N2O3S. The van der Waals surface area contributed by atoms with E-state index in [1.807, 2.05) is 24.3 Å². The van der Waals surface area contributed by atoms with Crippen molar-refractivity contribution in [2.45, 2.75) is 32.6 Å². The van der Waals surface area contributed by atoms with E-state index in [1.165, 1.54) is 0 Å². The molecule has 1 amide bonds. The standard InChI is InChI=1S/C17H24N2O3S/c1-2-9-18-14-5-3-4-6-15(14)19-16(20)13-12-17(13)7-10-23(21,22)11-8-17/h3-6,13,18H,2,7-12H2,1H3,(H,19,20)/t13-/m0/s1. The zero-order valence-electron chi connectivity index (χ0n) is 13.5. The van der Waals surface area contributed by atoms with Gasteiger partial charge in [-0.25, -0.2) is 8.42 Å². The number of hydrogen-bond acceptors (Lipinski definition) is 4. The van der Waals surface area contributed by atoms with E-state index in [4.69, 9.17) is 0 Å². The van der Waals surface area contributed by atoms with Crippen LogP contribution in [0.4, 0.5) is 11.4 Å². The summed E-state index contributed by atoms with van der Waals surface area (Å²) in [4.78, 5) is 12.5. The predicted molar refractivity (Wildman–Crippen MR) is 92.3 cm³/mol. The fourth-order valence-electron chi connectivity index (χ4n) is 3.44. The van der Waals surface area contributed by atoms with E-state index in [1.54, 1.807) is 0 Å². The van der Waals surface area contributed by atoms with Gasteiger partial charge in [0.25, 0.3) is 0 Å². The molecule has 0 radical (unpaired) electrons. The Balaban J connectivity index is 1.63. The molecule has 1 saturated carbocycles. The number of anilines is 2. The lowest BCUT2D eigenvalue weighted by Crippen LogP contribution is -2.28. The Morgan fingerprint density at radius 2 is 1.87 bits per heavy atom. The number of hydrogen-bond donors (Lipinski definition) is 2. The summed E-state index contributed by atoms with van der Waals surface area (Å²) in [5, 5.41) is 6.34. The summed E-state index contributed by atoms with van der Waals surface area (Å²) in [6.07, 6.45) is 3.09. The van der Waals surface area contributed by atoms with E-state index in [2.05, 4.69) is 17.6 Å². The molecule has 23 heavy (non-hydrogen) atoms. The van der Waals surface area contributed by atoms with Gasteiger partial charge in [0.15, 0.2) is 0 Å². The minimum absolute atomic E-state index is 0.0232. The van der Waals surface area contributed by atoms with Crippen molar-refractivity contribution in [3.05, 3.63) is 24.3 Å². The molecule has 5 nitrogen and oxygen atoms in total. The summed E-state index contributed by atoms with van der Waals surface area (Å²) in [7, 11) is -2.88. The highest BCUT2D eigenvalue weighted by Crippen LogP contribution is 2.60. The third kappa shape index (κ3) is 3.52. The van der Waals surface area contributed by atoms with Crippen LogP contribution in [0.3, 0.4) is 0 Å². The van der Waals surface area contributed by atoms with Crippen LogP contribution >= 0.6 is 0 Å². The molecule has 1 heterocycles. The first kappa shape index (κ1) is 16.3. The number of para-hydroxylation sites is 2. The van der Waals surface area contributed by atoms with Crippen molar-refractivity contribution in [3.8, 4) is 0 Å². The molecule has 1 aliphatic carbocycles. The molecule has 0 aromatic heterocycles. The van der Waals surface area contributed by atoms with Crippen LogP contribution in [0, 0.1) is 11.3 Å². The molecular weight excluding hydrogens is 312 g/mol. The third-order valence-electron chi connectivity index (χ3n) is 5.08. The molecule has 1 atom stereocenters. The predicted octanol–water partition coefficient (Wildman–Crippen LogP) is 2.66. The Hall–Kier alpha value is -1.56. The third-order valence-corrected chi connectivity index (χ3v) is 6.73. The Morgan fingerprint density at radius 1 is 1.22 bits per heavy atom. The molecule has 1 aromatic carbocycles. The molecule has 1 aromatic rings. The second-order valence-corrected chi connectivity index (χ2v) is 9.04. The van der Waals surface area contributed by atoms with Gasteiger partial charge in [-0.1, -0.05) is 19.1 Å². The van der Waals surface area contributed by atoms with Crippen LogP contribution in [0.5, 0.6) is 0 Å². The van der Waals surface area contributed by atoms with Crippen molar-refractivity contribution in [2.24, 2.45) is 11.3 Å². The van der Waals surface area contributed by atoms with Gasteiger partial charge in [0.2, 0.25) is 5.91 Å². The topological polar surface area (TPSA) is 75.3 Å². The molecule has 2 aliphatic rings. The van der Waals surface area contributed by atoms with Crippen LogP contribution in [-0.4, -0.2) is 32.4 Å². The Kier molecular flexibility index (Phi) is 4.36. The van der Waals surface area contributed by atoms with E-state index in [-0.39, 0.29) is 28.7 Å². The lowest BCUT2D eigenvalue weighted by molar-refractivity contribution is -0.118. The fourth-order valence-corrected chi connectivity index (χ4v) is 5.08. The quantitative estimate of drug-likeness (QED) is 0.867. The molecule has 0 bridgehead atoms. The van der Waals surface area contributed by atoms with Gasteiger partial charge in [-0.2, -0.15) is 0 Å². The molecule has 1 spiro atoms. The number of amides is 1. The van der Waals surface area contributed by atoms with Crippen LogP contribution in [-0.2, 0) is 14.6 Å². The van der Waals surface area contributed by atoms with E-state index in [0.29, 0.717) is 12.8 Å². The number of carbonyl (C=O) groups excluding carboxylic acids is 1. The highest BCUT2D eigenvalue weighted by atomic mass is 32.2. The van der Waals surface area contributed by atoms with Gasteiger partial charge < -0.3 is 10.6 Å². The number of nitrogens with one attached hydrogen (secondary N) is 2. The average molecular weight is 336 g/mol. The normalized spacial score (nSPS) is 24.1. The van der Waals surface area contributed by atoms with Crippen molar-refractivity contribution in [1.29, 1.82) is 0 Å². The first-order valence-corrected chi connectivity index (χ1v) is 10.1. The van der Waals surface area contributed by atoms with E-state index in [9.17, 15) is 13.2 Å². The minimum Gasteiger partial charge on any atom is -0.383 e. The average Bonchev–Trinajstić information content (AvgIpc) is 3.25. The Morgan fingerprint density at radius 3 is 2.52 bits per heavy atom. The van der Waals surface area contributed by atoms with Crippen LogP contribution in [0.25, 0.3) is 0 Å². The number of carbonyl (C=O) groups is 1. The zero-order valence-corrected chi connectivity index (χ0v) is 14.3. The van der Waals surface area contributed by atoms with Crippen LogP contribution in [0.1, 0.15) is 32.6 Å². The summed E-state index contributed by atoms with van der Waals surface area (Å²) >= 11 is 0. The molecule has 2 fully saturated rings. The van der Waals surface area contributed by atoms with Crippen molar-refractivity contribution in [2.75, 3.05) is 28.7 Å². The van der Waals surface area contributed by atoms with Crippen molar-refractivity contribution < 1.29 is 13.2 Å². The van der Waals surface area contributed by atoms with Crippen LogP contribution in [0.15, 0.2) is 24.3 Å². The van der Waals surface area contributed by atoms with Gasteiger partial charge >= 0.3 is 0 Å². The summed E-state index contributed by atoms with van der Waals surface area (Å²) in [5.41, 5.74) is 1.67. The van der Waals surface area contributed by atoms with Gasteiger partial charge in [-0.3, -0.25) is 4.79 Å². The summed E-state index contributed by atoms with van der Waals surface area (Å²) in [6.45, 7) is 2.96.